The first kappa shape index (κ1) is 23.4. The van der Waals surface area contributed by atoms with E-state index < -0.39 is 0 Å². The molecule has 1 amide bonds. The van der Waals surface area contributed by atoms with Crippen LogP contribution in [0.5, 0.6) is 0 Å². The number of piperidine rings is 1. The minimum atomic E-state index is -0.211. The highest BCUT2D eigenvalue weighted by Crippen LogP contribution is 2.47. The van der Waals surface area contributed by atoms with Gasteiger partial charge in [0, 0.05) is 41.1 Å². The van der Waals surface area contributed by atoms with Crippen LogP contribution in [0.4, 0.5) is 10.1 Å². The molecule has 1 aromatic heterocycles. The molecule has 1 spiro atoms. The SMILES string of the molecule is Cc1ccc2c(c1)C1(CCN(C/C=C/c3ccc(F)cc3)CC1)CN2C(=O)c1cc(C)nc(C)c1. The zero-order chi connectivity index (χ0) is 24.6. The van der Waals surface area contributed by atoms with Gasteiger partial charge in [-0.1, -0.05) is 42.0 Å². The van der Waals surface area contributed by atoms with E-state index in [0.717, 1.165) is 61.7 Å². The number of hydrogen-bond donors (Lipinski definition) is 0. The Morgan fingerprint density at radius 1 is 1.00 bits per heavy atom. The van der Waals surface area contributed by atoms with Crippen LogP contribution < -0.4 is 4.90 Å². The molecule has 0 aliphatic carbocycles. The molecule has 2 aliphatic heterocycles. The molecule has 4 nitrogen and oxygen atoms in total. The van der Waals surface area contributed by atoms with Crippen molar-refractivity contribution in [2.45, 2.75) is 39.0 Å². The second-order valence-electron chi connectivity index (χ2n) is 10.1. The van der Waals surface area contributed by atoms with Crippen molar-refractivity contribution < 1.29 is 9.18 Å². The fourth-order valence-corrected chi connectivity index (χ4v) is 5.58. The normalized spacial score (nSPS) is 17.3. The van der Waals surface area contributed by atoms with Gasteiger partial charge in [0.2, 0.25) is 0 Å². The Kier molecular flexibility index (Phi) is 6.28. The van der Waals surface area contributed by atoms with E-state index in [2.05, 4.69) is 47.2 Å². The van der Waals surface area contributed by atoms with Gasteiger partial charge in [0.25, 0.3) is 5.91 Å². The fourth-order valence-electron chi connectivity index (χ4n) is 5.58. The van der Waals surface area contributed by atoms with Gasteiger partial charge in [-0.2, -0.15) is 0 Å². The summed E-state index contributed by atoms with van der Waals surface area (Å²) in [7, 11) is 0. The molecule has 180 valence electrons. The zero-order valence-electron chi connectivity index (χ0n) is 20.7. The van der Waals surface area contributed by atoms with E-state index >= 15 is 0 Å². The topological polar surface area (TPSA) is 36.4 Å². The third kappa shape index (κ3) is 4.78. The molecule has 0 saturated carbocycles. The van der Waals surface area contributed by atoms with Crippen molar-refractivity contribution in [2.24, 2.45) is 0 Å². The minimum Gasteiger partial charge on any atom is -0.307 e. The summed E-state index contributed by atoms with van der Waals surface area (Å²) < 4.78 is 13.1. The number of pyridine rings is 1. The predicted octanol–water partition coefficient (Wildman–Crippen LogP) is 5.85. The van der Waals surface area contributed by atoms with E-state index in [1.807, 2.05) is 30.9 Å². The number of anilines is 1. The summed E-state index contributed by atoms with van der Waals surface area (Å²) in [5.41, 5.74) is 7.05. The monoisotopic (exact) mass is 469 g/mol. The summed E-state index contributed by atoms with van der Waals surface area (Å²) >= 11 is 0. The molecule has 3 aromatic rings. The van der Waals surface area contributed by atoms with Crippen molar-refractivity contribution in [1.29, 1.82) is 0 Å². The summed E-state index contributed by atoms with van der Waals surface area (Å²) in [6.07, 6.45) is 6.25. The van der Waals surface area contributed by atoms with Crippen LogP contribution in [0.1, 0.15) is 51.3 Å². The average molecular weight is 470 g/mol. The number of carbonyl (C=O) groups excluding carboxylic acids is 1. The number of amides is 1. The van der Waals surface area contributed by atoms with Crippen LogP contribution in [0, 0.1) is 26.6 Å². The van der Waals surface area contributed by atoms with Gasteiger partial charge in [0.15, 0.2) is 0 Å². The molecule has 0 bridgehead atoms. The Bertz CT molecular complexity index is 1250. The Labute approximate surface area is 207 Å². The van der Waals surface area contributed by atoms with Crippen molar-refractivity contribution in [1.82, 2.24) is 9.88 Å². The Hall–Kier alpha value is -3.31. The van der Waals surface area contributed by atoms with Crippen LogP contribution in [-0.2, 0) is 5.41 Å². The van der Waals surface area contributed by atoms with Gasteiger partial charge in [-0.15, -0.1) is 0 Å². The van der Waals surface area contributed by atoms with E-state index in [9.17, 15) is 9.18 Å². The first-order valence-corrected chi connectivity index (χ1v) is 12.4. The molecule has 5 rings (SSSR count). The molecule has 1 saturated heterocycles. The van der Waals surface area contributed by atoms with Gasteiger partial charge < -0.3 is 4.90 Å². The van der Waals surface area contributed by atoms with Gasteiger partial charge in [0.05, 0.1) is 0 Å². The largest absolute Gasteiger partial charge is 0.307 e. The van der Waals surface area contributed by atoms with E-state index in [0.29, 0.717) is 5.56 Å². The number of aryl methyl sites for hydroxylation is 3. The lowest BCUT2D eigenvalue weighted by Gasteiger charge is -2.39. The summed E-state index contributed by atoms with van der Waals surface area (Å²) in [6.45, 7) is 9.56. The van der Waals surface area contributed by atoms with Gasteiger partial charge in [0.1, 0.15) is 5.82 Å². The quantitative estimate of drug-likeness (QED) is 0.481. The molecule has 3 heterocycles. The lowest BCUT2D eigenvalue weighted by atomic mass is 9.74. The third-order valence-corrected chi connectivity index (χ3v) is 7.41. The molecule has 1 fully saturated rings. The van der Waals surface area contributed by atoms with Gasteiger partial charge in [-0.3, -0.25) is 14.7 Å². The highest BCUT2D eigenvalue weighted by molar-refractivity contribution is 6.08. The number of hydrogen-bond acceptors (Lipinski definition) is 3. The van der Waals surface area contributed by atoms with Crippen molar-refractivity contribution in [3.05, 3.63) is 100 Å². The highest BCUT2D eigenvalue weighted by Gasteiger charge is 2.46. The molecule has 0 atom stereocenters. The molecular weight excluding hydrogens is 437 g/mol. The van der Waals surface area contributed by atoms with Crippen LogP contribution in [0.25, 0.3) is 6.08 Å². The minimum absolute atomic E-state index is 0.00863. The van der Waals surface area contributed by atoms with Crippen LogP contribution in [0.15, 0.2) is 60.7 Å². The third-order valence-electron chi connectivity index (χ3n) is 7.41. The number of halogens is 1. The van der Waals surface area contributed by atoms with Crippen molar-refractivity contribution >= 4 is 17.7 Å². The van der Waals surface area contributed by atoms with Gasteiger partial charge in [-0.25, -0.2) is 4.39 Å². The van der Waals surface area contributed by atoms with Crippen LogP contribution in [0.3, 0.4) is 0 Å². The number of likely N-dealkylation sites (tertiary alicyclic amines) is 1. The number of nitrogens with zero attached hydrogens (tertiary/aromatic N) is 3. The molecule has 0 unspecified atom stereocenters. The molecule has 5 heteroatoms. The summed E-state index contributed by atoms with van der Waals surface area (Å²) in [5.74, 6) is -0.150. The standard InChI is InChI=1S/C30H32FN3O/c1-21-6-11-28-27(17-21)30(20-34(28)29(35)25-18-22(2)32-23(3)19-25)12-15-33(16-13-30)14-4-5-24-7-9-26(31)10-8-24/h4-11,17-19H,12-16,20H2,1-3H3/b5-4+. The fraction of sp³-hybridized carbons (Fsp3) is 0.333. The lowest BCUT2D eigenvalue weighted by Crippen LogP contribution is -2.46. The van der Waals surface area contributed by atoms with E-state index in [-0.39, 0.29) is 17.1 Å². The van der Waals surface area contributed by atoms with Crippen molar-refractivity contribution in [3.8, 4) is 0 Å². The Balaban J connectivity index is 1.32. The predicted molar refractivity (Wildman–Crippen MR) is 139 cm³/mol. The maximum Gasteiger partial charge on any atom is 0.258 e. The summed E-state index contributed by atoms with van der Waals surface area (Å²) in [4.78, 5) is 22.5. The molecule has 0 N–H and O–H groups in total. The Morgan fingerprint density at radius 3 is 2.37 bits per heavy atom. The number of carbonyl (C=O) groups is 1. The van der Waals surface area contributed by atoms with Crippen LogP contribution >= 0.6 is 0 Å². The smallest absolute Gasteiger partial charge is 0.258 e. The zero-order valence-corrected chi connectivity index (χ0v) is 20.7. The first-order chi connectivity index (χ1) is 16.8. The second-order valence-corrected chi connectivity index (χ2v) is 10.1. The van der Waals surface area contributed by atoms with Crippen molar-refractivity contribution in [2.75, 3.05) is 31.1 Å². The number of rotatable bonds is 4. The number of benzene rings is 2. The molecule has 2 aromatic carbocycles. The average Bonchev–Trinajstić information content (AvgIpc) is 3.14. The van der Waals surface area contributed by atoms with Crippen LogP contribution in [0.2, 0.25) is 0 Å². The maximum atomic E-state index is 13.6. The summed E-state index contributed by atoms with van der Waals surface area (Å²) in [5, 5.41) is 0. The van der Waals surface area contributed by atoms with Crippen molar-refractivity contribution in [3.63, 3.8) is 0 Å². The van der Waals surface area contributed by atoms with Gasteiger partial charge in [-0.05, 0) is 88.2 Å². The number of fused-ring (bicyclic) bond motifs is 2. The van der Waals surface area contributed by atoms with Gasteiger partial charge >= 0.3 is 0 Å². The summed E-state index contributed by atoms with van der Waals surface area (Å²) in [6, 6.07) is 16.9. The van der Waals surface area contributed by atoms with E-state index in [4.69, 9.17) is 0 Å². The molecule has 0 radical (unpaired) electrons. The van der Waals surface area contributed by atoms with Crippen LogP contribution in [-0.4, -0.2) is 42.0 Å². The molecule has 2 aliphatic rings. The first-order valence-electron chi connectivity index (χ1n) is 12.4. The number of aromatic nitrogens is 1. The second kappa shape index (κ2) is 9.38. The van der Waals surface area contributed by atoms with E-state index in [1.165, 1.54) is 23.3 Å². The maximum absolute atomic E-state index is 13.6. The molecular formula is C30H32FN3O. The lowest BCUT2D eigenvalue weighted by molar-refractivity contribution is 0.0977. The Morgan fingerprint density at radius 2 is 1.69 bits per heavy atom. The highest BCUT2D eigenvalue weighted by atomic mass is 19.1. The van der Waals surface area contributed by atoms with E-state index in [1.54, 1.807) is 12.1 Å². The molecule has 35 heavy (non-hydrogen) atoms.